The monoisotopic (exact) mass is 266 g/mol. The first kappa shape index (κ1) is 12.1. The lowest BCUT2D eigenvalue weighted by atomic mass is 10.1. The number of halogens is 2. The normalized spacial score (nSPS) is 14.9. The number of ether oxygens (including phenoxy) is 1. The van der Waals surface area contributed by atoms with Crippen LogP contribution in [0.25, 0.3) is 11.0 Å². The number of H-pyrrole nitrogens is 1. The fourth-order valence-corrected chi connectivity index (χ4v) is 2.60. The molecule has 0 fully saturated rings. The Morgan fingerprint density at radius 1 is 1.42 bits per heavy atom. The zero-order valence-corrected chi connectivity index (χ0v) is 10.3. The van der Waals surface area contributed by atoms with Crippen molar-refractivity contribution in [1.29, 1.82) is 0 Å². The molecule has 0 aliphatic heterocycles. The molecule has 0 saturated carbocycles. The highest BCUT2D eigenvalue weighted by atomic mass is 19.1. The quantitative estimate of drug-likeness (QED) is 0.847. The Hall–Kier alpha value is -1.98. The fraction of sp³-hybridized carbons (Fsp3) is 0.385. The number of fused-ring (bicyclic) bond motifs is 2. The second kappa shape index (κ2) is 4.29. The molecular formula is C13H12F2N2O2. The summed E-state index contributed by atoms with van der Waals surface area (Å²) in [6, 6.07) is 0. The van der Waals surface area contributed by atoms with E-state index in [9.17, 15) is 13.6 Å². The molecule has 0 saturated heterocycles. The summed E-state index contributed by atoms with van der Waals surface area (Å²) in [6.45, 7) is 1.97. The molecule has 6 heteroatoms. The molecule has 1 N–H and O–H groups in total. The number of rotatable bonds is 2. The van der Waals surface area contributed by atoms with Crippen LogP contribution in [-0.2, 0) is 22.4 Å². The van der Waals surface area contributed by atoms with Gasteiger partial charge in [0.05, 0.1) is 18.9 Å². The number of nitrogens with one attached hydrogen (secondary N) is 1. The molecule has 1 aliphatic carbocycles. The maximum Gasteiger partial charge on any atom is 0.309 e. The van der Waals surface area contributed by atoms with E-state index in [0.717, 1.165) is 0 Å². The Bertz CT molecular complexity index is 620. The van der Waals surface area contributed by atoms with Crippen molar-refractivity contribution >= 4 is 17.0 Å². The third-order valence-electron chi connectivity index (χ3n) is 3.48. The van der Waals surface area contributed by atoms with Crippen molar-refractivity contribution in [2.24, 2.45) is 5.92 Å². The van der Waals surface area contributed by atoms with Gasteiger partial charge in [-0.15, -0.1) is 0 Å². The second-order valence-corrected chi connectivity index (χ2v) is 4.57. The summed E-state index contributed by atoms with van der Waals surface area (Å²) in [5.74, 6) is -1.98. The van der Waals surface area contributed by atoms with Gasteiger partial charge in [0.2, 0.25) is 0 Å². The Labute approximate surface area is 107 Å². The summed E-state index contributed by atoms with van der Waals surface area (Å²) < 4.78 is 33.3. The summed E-state index contributed by atoms with van der Waals surface area (Å²) in [5.41, 5.74) is 0.545. The first-order valence-corrected chi connectivity index (χ1v) is 6.11. The van der Waals surface area contributed by atoms with Gasteiger partial charge in [-0.1, -0.05) is 0 Å². The molecule has 1 atom stereocenters. The van der Waals surface area contributed by atoms with Crippen molar-refractivity contribution in [3.05, 3.63) is 29.1 Å². The smallest absolute Gasteiger partial charge is 0.309 e. The van der Waals surface area contributed by atoms with Gasteiger partial charge < -0.3 is 9.72 Å². The lowest BCUT2D eigenvalue weighted by Gasteiger charge is -2.06. The van der Waals surface area contributed by atoms with Crippen molar-refractivity contribution in [2.75, 3.05) is 6.61 Å². The highest BCUT2D eigenvalue weighted by molar-refractivity contribution is 5.81. The van der Waals surface area contributed by atoms with Gasteiger partial charge in [0.15, 0.2) is 11.6 Å². The molecule has 19 heavy (non-hydrogen) atoms. The number of aromatic nitrogens is 2. The molecule has 1 heterocycles. The predicted molar refractivity (Wildman–Crippen MR) is 63.5 cm³/mol. The Kier molecular flexibility index (Phi) is 2.73. The third-order valence-corrected chi connectivity index (χ3v) is 3.48. The Morgan fingerprint density at radius 2 is 2.11 bits per heavy atom. The molecule has 0 spiro atoms. The van der Waals surface area contributed by atoms with Gasteiger partial charge in [-0.3, -0.25) is 4.79 Å². The first-order chi connectivity index (χ1) is 9.13. The van der Waals surface area contributed by atoms with Crippen LogP contribution in [0.3, 0.4) is 0 Å². The molecule has 0 radical (unpaired) electrons. The Balaban J connectivity index is 2.06. The molecule has 1 aromatic heterocycles. The van der Waals surface area contributed by atoms with Crippen LogP contribution in [0.2, 0.25) is 0 Å². The molecular weight excluding hydrogens is 254 g/mol. The second-order valence-electron chi connectivity index (χ2n) is 4.57. The number of imidazole rings is 1. The largest absolute Gasteiger partial charge is 0.466 e. The van der Waals surface area contributed by atoms with Crippen LogP contribution in [-0.4, -0.2) is 22.5 Å². The van der Waals surface area contributed by atoms with Crippen molar-refractivity contribution in [3.63, 3.8) is 0 Å². The fourth-order valence-electron chi connectivity index (χ4n) is 2.60. The van der Waals surface area contributed by atoms with Crippen molar-refractivity contribution in [1.82, 2.24) is 9.97 Å². The van der Waals surface area contributed by atoms with Gasteiger partial charge in [-0.05, 0) is 30.9 Å². The SMILES string of the molecule is CCOC(=O)C1Cc2c(c(F)c3[nH]cnc3c2F)C1. The summed E-state index contributed by atoms with van der Waals surface area (Å²) in [6.07, 6.45) is 1.60. The van der Waals surface area contributed by atoms with Crippen LogP contribution in [0.1, 0.15) is 18.1 Å². The summed E-state index contributed by atoms with van der Waals surface area (Å²) in [7, 11) is 0. The number of esters is 1. The number of aromatic amines is 1. The van der Waals surface area contributed by atoms with E-state index >= 15 is 0 Å². The standard InChI is InChI=1S/C13H12F2N2O2/c1-2-19-13(18)6-3-7-8(4-6)10(15)12-11(9(7)14)16-5-17-12/h5-6H,2-4H2,1H3,(H,16,17). The summed E-state index contributed by atoms with van der Waals surface area (Å²) in [5, 5.41) is 0. The van der Waals surface area contributed by atoms with Crippen LogP contribution >= 0.6 is 0 Å². The van der Waals surface area contributed by atoms with Gasteiger partial charge in [0.1, 0.15) is 11.0 Å². The average Bonchev–Trinajstić information content (AvgIpc) is 3.03. The van der Waals surface area contributed by atoms with Crippen molar-refractivity contribution < 1.29 is 18.3 Å². The van der Waals surface area contributed by atoms with E-state index in [1.807, 2.05) is 0 Å². The number of hydrogen-bond acceptors (Lipinski definition) is 3. The zero-order chi connectivity index (χ0) is 13.6. The number of benzene rings is 1. The number of carbonyl (C=O) groups is 1. The van der Waals surface area contributed by atoms with Crippen molar-refractivity contribution in [3.8, 4) is 0 Å². The minimum atomic E-state index is -0.542. The minimum Gasteiger partial charge on any atom is -0.466 e. The first-order valence-electron chi connectivity index (χ1n) is 6.11. The van der Waals surface area contributed by atoms with Crippen molar-refractivity contribution in [2.45, 2.75) is 19.8 Å². The van der Waals surface area contributed by atoms with Crippen LogP contribution in [0, 0.1) is 17.6 Å². The molecule has 1 aliphatic rings. The molecule has 0 amide bonds. The third kappa shape index (κ3) is 1.70. The van der Waals surface area contributed by atoms with E-state index in [2.05, 4.69) is 9.97 Å². The Morgan fingerprint density at radius 3 is 2.79 bits per heavy atom. The maximum absolute atomic E-state index is 14.2. The van der Waals surface area contributed by atoms with E-state index in [4.69, 9.17) is 4.74 Å². The van der Waals surface area contributed by atoms with Crippen LogP contribution < -0.4 is 0 Å². The summed E-state index contributed by atoms with van der Waals surface area (Å²) >= 11 is 0. The topological polar surface area (TPSA) is 55.0 Å². The maximum atomic E-state index is 14.2. The lowest BCUT2D eigenvalue weighted by molar-refractivity contribution is -0.147. The molecule has 1 unspecified atom stereocenters. The molecule has 3 rings (SSSR count). The minimum absolute atomic E-state index is 0.0132. The molecule has 2 aromatic rings. The van der Waals surface area contributed by atoms with Gasteiger partial charge in [0.25, 0.3) is 0 Å². The van der Waals surface area contributed by atoms with E-state index in [0.29, 0.717) is 0 Å². The highest BCUT2D eigenvalue weighted by Gasteiger charge is 2.34. The van der Waals surface area contributed by atoms with Crippen LogP contribution in [0.4, 0.5) is 8.78 Å². The lowest BCUT2D eigenvalue weighted by Crippen LogP contribution is -2.18. The van der Waals surface area contributed by atoms with Gasteiger partial charge in [-0.25, -0.2) is 13.8 Å². The average molecular weight is 266 g/mol. The van der Waals surface area contributed by atoms with Crippen LogP contribution in [0.5, 0.6) is 0 Å². The molecule has 4 nitrogen and oxygen atoms in total. The van der Waals surface area contributed by atoms with E-state index in [1.165, 1.54) is 6.33 Å². The van der Waals surface area contributed by atoms with E-state index < -0.39 is 23.5 Å². The molecule has 1 aromatic carbocycles. The molecule has 100 valence electrons. The zero-order valence-electron chi connectivity index (χ0n) is 10.3. The van der Waals surface area contributed by atoms with E-state index in [1.54, 1.807) is 6.92 Å². The van der Waals surface area contributed by atoms with Gasteiger partial charge in [-0.2, -0.15) is 0 Å². The van der Waals surface area contributed by atoms with Crippen LogP contribution in [0.15, 0.2) is 6.33 Å². The van der Waals surface area contributed by atoms with E-state index in [-0.39, 0.29) is 41.6 Å². The molecule has 0 bridgehead atoms. The predicted octanol–water partition coefficient (Wildman–Crippen LogP) is 2.12. The van der Waals surface area contributed by atoms with Gasteiger partial charge >= 0.3 is 5.97 Å². The summed E-state index contributed by atoms with van der Waals surface area (Å²) in [4.78, 5) is 18.0. The number of nitrogens with zero attached hydrogens (tertiary/aromatic N) is 1. The number of carbonyl (C=O) groups excluding carboxylic acids is 1. The number of hydrogen-bond donors (Lipinski definition) is 1. The van der Waals surface area contributed by atoms with Gasteiger partial charge in [0, 0.05) is 0 Å². The highest BCUT2D eigenvalue weighted by Crippen LogP contribution is 2.35.